The fourth-order valence-electron chi connectivity index (χ4n) is 1.42. The fraction of sp³-hybridized carbons (Fsp3) is 0.385. The van der Waals surface area contributed by atoms with Crippen molar-refractivity contribution in [1.29, 1.82) is 0 Å². The standard InChI is InChI=1S/C13H17NO5/c1-9-3-4-10(14-12(15)8-13(16)17)11(7-9)19-6-5-18-2/h3-4,7H,5-6,8H2,1-2H3,(H,14,15)(H,16,17). The van der Waals surface area contributed by atoms with Gasteiger partial charge in [-0.1, -0.05) is 6.07 Å². The van der Waals surface area contributed by atoms with E-state index in [4.69, 9.17) is 14.6 Å². The predicted octanol–water partition coefficient (Wildman–Crippen LogP) is 1.43. The van der Waals surface area contributed by atoms with Gasteiger partial charge >= 0.3 is 5.97 Å². The van der Waals surface area contributed by atoms with Crippen molar-refractivity contribution in [1.82, 2.24) is 0 Å². The van der Waals surface area contributed by atoms with Crippen LogP contribution in [0.25, 0.3) is 0 Å². The number of carbonyl (C=O) groups excluding carboxylic acids is 1. The zero-order valence-electron chi connectivity index (χ0n) is 10.9. The maximum absolute atomic E-state index is 11.4. The van der Waals surface area contributed by atoms with Crippen LogP contribution >= 0.6 is 0 Å². The minimum Gasteiger partial charge on any atom is -0.489 e. The van der Waals surface area contributed by atoms with Gasteiger partial charge in [0, 0.05) is 7.11 Å². The van der Waals surface area contributed by atoms with E-state index in [9.17, 15) is 9.59 Å². The first-order valence-electron chi connectivity index (χ1n) is 5.77. The average Bonchev–Trinajstić information content (AvgIpc) is 2.32. The lowest BCUT2D eigenvalue weighted by Gasteiger charge is -2.12. The van der Waals surface area contributed by atoms with E-state index >= 15 is 0 Å². The quantitative estimate of drug-likeness (QED) is 0.576. The van der Waals surface area contributed by atoms with E-state index in [-0.39, 0.29) is 0 Å². The monoisotopic (exact) mass is 267 g/mol. The highest BCUT2D eigenvalue weighted by Crippen LogP contribution is 2.25. The molecule has 0 heterocycles. The Bertz CT molecular complexity index is 458. The number of hydrogen-bond acceptors (Lipinski definition) is 4. The number of carbonyl (C=O) groups is 2. The zero-order chi connectivity index (χ0) is 14.3. The third-order valence-corrected chi connectivity index (χ3v) is 2.27. The van der Waals surface area contributed by atoms with Crippen LogP contribution in [0.4, 0.5) is 5.69 Å². The number of anilines is 1. The van der Waals surface area contributed by atoms with Crippen LogP contribution in [0.5, 0.6) is 5.75 Å². The first-order valence-corrected chi connectivity index (χ1v) is 5.77. The van der Waals surface area contributed by atoms with Crippen LogP contribution in [0, 0.1) is 6.92 Å². The van der Waals surface area contributed by atoms with Gasteiger partial charge in [0.1, 0.15) is 18.8 Å². The summed E-state index contributed by atoms with van der Waals surface area (Å²) in [5.41, 5.74) is 1.43. The largest absolute Gasteiger partial charge is 0.489 e. The van der Waals surface area contributed by atoms with Crippen LogP contribution in [-0.2, 0) is 14.3 Å². The number of rotatable bonds is 7. The van der Waals surface area contributed by atoms with Gasteiger partial charge in [0.2, 0.25) is 5.91 Å². The van der Waals surface area contributed by atoms with Crippen LogP contribution in [0.15, 0.2) is 18.2 Å². The number of methoxy groups -OCH3 is 1. The third-order valence-electron chi connectivity index (χ3n) is 2.27. The summed E-state index contributed by atoms with van der Waals surface area (Å²) in [6.07, 6.45) is -0.578. The molecule has 0 atom stereocenters. The van der Waals surface area contributed by atoms with Crippen molar-refractivity contribution < 1.29 is 24.2 Å². The van der Waals surface area contributed by atoms with E-state index in [2.05, 4.69) is 5.32 Å². The summed E-state index contributed by atoms with van der Waals surface area (Å²) in [6.45, 7) is 2.67. The predicted molar refractivity (Wildman–Crippen MR) is 69.4 cm³/mol. The van der Waals surface area contributed by atoms with Gasteiger partial charge in [0.05, 0.1) is 12.3 Å². The average molecular weight is 267 g/mol. The molecule has 0 aliphatic carbocycles. The number of hydrogen-bond donors (Lipinski definition) is 2. The van der Waals surface area contributed by atoms with Crippen molar-refractivity contribution >= 4 is 17.6 Å². The van der Waals surface area contributed by atoms with Crippen LogP contribution in [-0.4, -0.2) is 37.3 Å². The molecule has 0 radical (unpaired) electrons. The maximum atomic E-state index is 11.4. The zero-order valence-corrected chi connectivity index (χ0v) is 10.9. The molecule has 6 nitrogen and oxygen atoms in total. The molecule has 0 saturated heterocycles. The van der Waals surface area contributed by atoms with Gasteiger partial charge in [0.15, 0.2) is 0 Å². The lowest BCUT2D eigenvalue weighted by molar-refractivity contribution is -0.139. The van der Waals surface area contributed by atoms with Crippen LogP contribution in [0.1, 0.15) is 12.0 Å². The summed E-state index contributed by atoms with van der Waals surface area (Å²) in [5.74, 6) is -1.27. The van der Waals surface area contributed by atoms with Crippen molar-refractivity contribution in [3.8, 4) is 5.75 Å². The minimum absolute atomic E-state index is 0.349. The second kappa shape index (κ2) is 7.38. The molecule has 1 rings (SSSR count). The Morgan fingerprint density at radius 1 is 1.32 bits per heavy atom. The molecule has 1 aromatic rings. The second-order valence-electron chi connectivity index (χ2n) is 3.96. The van der Waals surface area contributed by atoms with Crippen molar-refractivity contribution in [2.24, 2.45) is 0 Å². The van der Waals surface area contributed by atoms with Crippen molar-refractivity contribution in [3.05, 3.63) is 23.8 Å². The molecular weight excluding hydrogens is 250 g/mol. The van der Waals surface area contributed by atoms with E-state index in [1.165, 1.54) is 0 Å². The molecule has 0 spiro atoms. The molecule has 104 valence electrons. The van der Waals surface area contributed by atoms with Crippen LogP contribution in [0.2, 0.25) is 0 Å². The number of carboxylic acid groups (broad SMARTS) is 1. The lowest BCUT2D eigenvalue weighted by Crippen LogP contribution is -2.17. The first-order chi connectivity index (χ1) is 9.02. The molecule has 0 saturated carbocycles. The Morgan fingerprint density at radius 2 is 2.05 bits per heavy atom. The Balaban J connectivity index is 2.75. The van der Waals surface area contributed by atoms with Gasteiger partial charge in [-0.05, 0) is 24.6 Å². The number of carboxylic acids is 1. The molecule has 2 N–H and O–H groups in total. The first kappa shape index (κ1) is 15.0. The van der Waals surface area contributed by atoms with E-state index < -0.39 is 18.3 Å². The summed E-state index contributed by atoms with van der Waals surface area (Å²) in [7, 11) is 1.56. The summed E-state index contributed by atoms with van der Waals surface area (Å²) < 4.78 is 10.4. The molecule has 1 aromatic carbocycles. The molecule has 0 fully saturated rings. The molecule has 0 aliphatic rings. The van der Waals surface area contributed by atoms with E-state index in [0.29, 0.717) is 24.7 Å². The highest BCUT2D eigenvalue weighted by Gasteiger charge is 2.11. The third kappa shape index (κ3) is 5.39. The molecule has 0 bridgehead atoms. The number of aliphatic carboxylic acids is 1. The van der Waals surface area contributed by atoms with Crippen molar-refractivity contribution in [2.45, 2.75) is 13.3 Å². The van der Waals surface area contributed by atoms with Crippen molar-refractivity contribution in [2.75, 3.05) is 25.6 Å². The summed E-state index contributed by atoms with van der Waals surface area (Å²) >= 11 is 0. The van der Waals surface area contributed by atoms with Gasteiger partial charge in [0.25, 0.3) is 0 Å². The normalized spacial score (nSPS) is 10.0. The molecule has 19 heavy (non-hydrogen) atoms. The van der Waals surface area contributed by atoms with Crippen molar-refractivity contribution in [3.63, 3.8) is 0 Å². The van der Waals surface area contributed by atoms with Gasteiger partial charge in [-0.25, -0.2) is 0 Å². The smallest absolute Gasteiger partial charge is 0.312 e. The Kier molecular flexibility index (Phi) is 5.81. The fourth-order valence-corrected chi connectivity index (χ4v) is 1.42. The van der Waals surface area contributed by atoms with Gasteiger partial charge < -0.3 is 19.9 Å². The van der Waals surface area contributed by atoms with Gasteiger partial charge in [-0.15, -0.1) is 0 Å². The molecule has 0 aromatic heterocycles. The Labute approximate surface area is 111 Å². The molecule has 6 heteroatoms. The molecule has 0 unspecified atom stereocenters. The van der Waals surface area contributed by atoms with Gasteiger partial charge in [-0.2, -0.15) is 0 Å². The topological polar surface area (TPSA) is 84.9 Å². The molecular formula is C13H17NO5. The van der Waals surface area contributed by atoms with Crippen LogP contribution in [0.3, 0.4) is 0 Å². The number of aryl methyl sites for hydroxylation is 1. The summed E-state index contributed by atoms with van der Waals surface area (Å²) in [6, 6.07) is 5.25. The van der Waals surface area contributed by atoms with Crippen LogP contribution < -0.4 is 10.1 Å². The second-order valence-corrected chi connectivity index (χ2v) is 3.96. The highest BCUT2D eigenvalue weighted by molar-refractivity contribution is 6.02. The van der Waals surface area contributed by atoms with E-state index in [1.807, 2.05) is 6.92 Å². The maximum Gasteiger partial charge on any atom is 0.312 e. The number of ether oxygens (including phenoxy) is 2. The summed E-state index contributed by atoms with van der Waals surface area (Å²) in [4.78, 5) is 21.9. The van der Waals surface area contributed by atoms with E-state index in [0.717, 1.165) is 5.56 Å². The molecule has 1 amide bonds. The SMILES string of the molecule is COCCOc1cc(C)ccc1NC(=O)CC(=O)O. The summed E-state index contributed by atoms with van der Waals surface area (Å²) in [5, 5.41) is 11.1. The van der Waals surface area contributed by atoms with Gasteiger partial charge in [-0.3, -0.25) is 9.59 Å². The minimum atomic E-state index is -1.17. The Morgan fingerprint density at radius 3 is 2.68 bits per heavy atom. The highest BCUT2D eigenvalue weighted by atomic mass is 16.5. The molecule has 0 aliphatic heterocycles. The number of benzene rings is 1. The lowest BCUT2D eigenvalue weighted by atomic mass is 10.2. The number of amides is 1. The Hall–Kier alpha value is -2.08. The van der Waals surface area contributed by atoms with E-state index in [1.54, 1.807) is 25.3 Å². The number of nitrogens with one attached hydrogen (secondary N) is 1.